The molecule has 4 heteroatoms. The summed E-state index contributed by atoms with van der Waals surface area (Å²) in [5.74, 6) is -0.00173. The molecule has 0 amide bonds. The van der Waals surface area contributed by atoms with Gasteiger partial charge in [-0.25, -0.2) is 0 Å². The third kappa shape index (κ3) is 4.02. The number of hydrogen-bond acceptors (Lipinski definition) is 3. The van der Waals surface area contributed by atoms with Crippen LogP contribution in [0.5, 0.6) is 0 Å². The Labute approximate surface area is 198 Å². The minimum absolute atomic E-state index is 0.00173. The zero-order chi connectivity index (χ0) is 23.5. The van der Waals surface area contributed by atoms with E-state index in [4.69, 9.17) is 0 Å². The number of fused-ring (bicyclic) bond motifs is 1. The van der Waals surface area contributed by atoms with Crippen LogP contribution in [0.25, 0.3) is 16.6 Å². The van der Waals surface area contributed by atoms with Gasteiger partial charge in [0.05, 0.1) is 11.2 Å². The highest BCUT2D eigenvalue weighted by Crippen LogP contribution is 2.27. The second kappa shape index (κ2) is 9.20. The van der Waals surface area contributed by atoms with Gasteiger partial charge in [0.25, 0.3) is 0 Å². The Hall–Kier alpha value is -4.44. The van der Waals surface area contributed by atoms with Crippen molar-refractivity contribution >= 4 is 22.4 Å². The third-order valence-corrected chi connectivity index (χ3v) is 6.21. The fraction of sp³-hybridized carbons (Fsp3) is 0.0667. The second-order valence-electron chi connectivity index (χ2n) is 8.32. The maximum Gasteiger partial charge on any atom is 0.193 e. The van der Waals surface area contributed by atoms with Crippen LogP contribution in [0.4, 0.5) is 0 Å². The molecule has 5 aromatic rings. The van der Waals surface area contributed by atoms with Crippen LogP contribution in [0.15, 0.2) is 114 Å². The Morgan fingerprint density at radius 2 is 1.44 bits per heavy atom. The van der Waals surface area contributed by atoms with Gasteiger partial charge in [-0.3, -0.25) is 4.79 Å². The quantitative estimate of drug-likeness (QED) is 0.139. The maximum absolute atomic E-state index is 12.8. The fourth-order valence-corrected chi connectivity index (χ4v) is 4.33. The molecule has 0 bridgehead atoms. The van der Waals surface area contributed by atoms with E-state index >= 15 is 0 Å². The number of carbonyl (C=O) groups excluding carboxylic acids is 1. The van der Waals surface area contributed by atoms with Crippen molar-refractivity contribution in [1.82, 2.24) is 4.57 Å². The summed E-state index contributed by atoms with van der Waals surface area (Å²) in [7, 11) is 0. The molecular formula is C30H24N2O2. The van der Waals surface area contributed by atoms with Gasteiger partial charge >= 0.3 is 0 Å². The normalized spacial score (nSPS) is 11.6. The monoisotopic (exact) mass is 444 g/mol. The highest BCUT2D eigenvalue weighted by atomic mass is 16.4. The van der Waals surface area contributed by atoms with Gasteiger partial charge in [0.2, 0.25) is 0 Å². The molecule has 1 N–H and O–H groups in total. The van der Waals surface area contributed by atoms with E-state index in [0.717, 1.165) is 33.3 Å². The van der Waals surface area contributed by atoms with Crippen LogP contribution < -0.4 is 0 Å². The van der Waals surface area contributed by atoms with Crippen molar-refractivity contribution in [2.24, 2.45) is 5.16 Å². The Bertz CT molecular complexity index is 1500. The van der Waals surface area contributed by atoms with Crippen molar-refractivity contribution in [2.45, 2.75) is 13.3 Å². The van der Waals surface area contributed by atoms with Gasteiger partial charge < -0.3 is 9.77 Å². The molecule has 4 nitrogen and oxygen atoms in total. The summed E-state index contributed by atoms with van der Waals surface area (Å²) in [5.41, 5.74) is 7.02. The van der Waals surface area contributed by atoms with Gasteiger partial charge in [-0.1, -0.05) is 78.0 Å². The predicted molar refractivity (Wildman–Crippen MR) is 136 cm³/mol. The summed E-state index contributed by atoms with van der Waals surface area (Å²) in [5, 5.41) is 14.6. The number of carbonyl (C=O) groups is 1. The average molecular weight is 445 g/mol. The molecule has 166 valence electrons. The van der Waals surface area contributed by atoms with Gasteiger partial charge in [-0.2, -0.15) is 0 Å². The fourth-order valence-electron chi connectivity index (χ4n) is 4.33. The topological polar surface area (TPSA) is 54.6 Å². The zero-order valence-corrected chi connectivity index (χ0v) is 18.8. The Kier molecular flexibility index (Phi) is 5.79. The molecule has 0 saturated carbocycles. The van der Waals surface area contributed by atoms with Crippen LogP contribution in [0.3, 0.4) is 0 Å². The van der Waals surface area contributed by atoms with Gasteiger partial charge in [0.15, 0.2) is 5.78 Å². The van der Waals surface area contributed by atoms with Crippen LogP contribution in [0.2, 0.25) is 0 Å². The average Bonchev–Trinajstić information content (AvgIpc) is 3.28. The number of nitrogens with zero attached hydrogens (tertiary/aromatic N) is 2. The molecule has 0 fully saturated rings. The highest BCUT2D eigenvalue weighted by molar-refractivity contribution is 6.12. The SMILES string of the molecule is Cc1ccccc1C/C(=N\O)c1cn(-c2ccc(C(=O)c3ccccc3)cc2)c2ccccc12. The molecule has 1 aromatic heterocycles. The van der Waals surface area contributed by atoms with Crippen molar-refractivity contribution in [3.63, 3.8) is 0 Å². The van der Waals surface area contributed by atoms with E-state index in [-0.39, 0.29) is 5.78 Å². The van der Waals surface area contributed by atoms with Crippen LogP contribution >= 0.6 is 0 Å². The summed E-state index contributed by atoms with van der Waals surface area (Å²) in [6, 6.07) is 33.1. The first kappa shape index (κ1) is 21.4. The van der Waals surface area contributed by atoms with Gasteiger partial charge in [0, 0.05) is 40.4 Å². The molecule has 34 heavy (non-hydrogen) atoms. The van der Waals surface area contributed by atoms with E-state index in [2.05, 4.69) is 28.8 Å². The number of ketones is 1. The molecule has 0 radical (unpaired) electrons. The molecule has 4 aromatic carbocycles. The largest absolute Gasteiger partial charge is 0.411 e. The Morgan fingerprint density at radius 3 is 2.18 bits per heavy atom. The minimum atomic E-state index is -0.00173. The number of benzene rings is 4. The smallest absolute Gasteiger partial charge is 0.193 e. The van der Waals surface area contributed by atoms with Crippen molar-refractivity contribution in [1.29, 1.82) is 0 Å². The summed E-state index contributed by atoms with van der Waals surface area (Å²) < 4.78 is 2.07. The van der Waals surface area contributed by atoms with Crippen LogP contribution in [0, 0.1) is 6.92 Å². The van der Waals surface area contributed by atoms with E-state index in [1.165, 1.54) is 0 Å². The molecule has 0 aliphatic rings. The molecule has 0 spiro atoms. The predicted octanol–water partition coefficient (Wildman–Crippen LogP) is 6.59. The zero-order valence-electron chi connectivity index (χ0n) is 18.8. The van der Waals surface area contributed by atoms with Crippen molar-refractivity contribution in [3.05, 3.63) is 137 Å². The molecule has 0 atom stereocenters. The van der Waals surface area contributed by atoms with Crippen LogP contribution in [0.1, 0.15) is 32.6 Å². The van der Waals surface area contributed by atoms with Crippen molar-refractivity contribution in [2.75, 3.05) is 0 Å². The number of rotatable bonds is 6. The first-order valence-corrected chi connectivity index (χ1v) is 11.2. The lowest BCUT2D eigenvalue weighted by Gasteiger charge is -2.07. The maximum atomic E-state index is 12.8. The van der Waals surface area contributed by atoms with E-state index < -0.39 is 0 Å². The number of aromatic nitrogens is 1. The van der Waals surface area contributed by atoms with Crippen molar-refractivity contribution < 1.29 is 10.0 Å². The standard InChI is InChI=1S/C30H24N2O2/c1-21-9-5-6-12-24(21)19-28(31-34)27-20-32(29-14-8-7-13-26(27)29)25-17-15-23(16-18-25)30(33)22-10-3-2-4-11-22/h2-18,20,34H,19H2,1H3/b31-28+. The van der Waals surface area contributed by atoms with Gasteiger partial charge in [0.1, 0.15) is 0 Å². The molecule has 0 unspecified atom stereocenters. The summed E-state index contributed by atoms with van der Waals surface area (Å²) in [6.45, 7) is 2.06. The van der Waals surface area contributed by atoms with E-state index in [1.807, 2.05) is 97.2 Å². The lowest BCUT2D eigenvalue weighted by atomic mass is 9.98. The van der Waals surface area contributed by atoms with E-state index in [9.17, 15) is 10.0 Å². The molecule has 1 heterocycles. The molecule has 0 aliphatic carbocycles. The summed E-state index contributed by atoms with van der Waals surface area (Å²) >= 11 is 0. The van der Waals surface area contributed by atoms with Crippen LogP contribution in [-0.2, 0) is 6.42 Å². The number of oxime groups is 1. The Morgan fingerprint density at radius 1 is 0.794 bits per heavy atom. The molecule has 0 saturated heterocycles. The van der Waals surface area contributed by atoms with E-state index in [0.29, 0.717) is 23.3 Å². The number of aryl methyl sites for hydroxylation is 1. The molecule has 5 rings (SSSR count). The summed E-state index contributed by atoms with van der Waals surface area (Å²) in [4.78, 5) is 12.8. The van der Waals surface area contributed by atoms with Gasteiger partial charge in [-0.15, -0.1) is 0 Å². The van der Waals surface area contributed by atoms with Crippen LogP contribution in [-0.4, -0.2) is 21.3 Å². The first-order valence-electron chi connectivity index (χ1n) is 11.2. The number of para-hydroxylation sites is 1. The lowest BCUT2D eigenvalue weighted by Crippen LogP contribution is -2.06. The third-order valence-electron chi connectivity index (χ3n) is 6.21. The molecule has 0 aliphatic heterocycles. The lowest BCUT2D eigenvalue weighted by molar-refractivity contribution is 0.103. The summed E-state index contributed by atoms with van der Waals surface area (Å²) in [6.07, 6.45) is 2.54. The highest BCUT2D eigenvalue weighted by Gasteiger charge is 2.17. The molecular weight excluding hydrogens is 420 g/mol. The number of hydrogen-bond donors (Lipinski definition) is 1. The minimum Gasteiger partial charge on any atom is -0.411 e. The second-order valence-corrected chi connectivity index (χ2v) is 8.32. The Balaban J connectivity index is 1.53. The van der Waals surface area contributed by atoms with Gasteiger partial charge in [-0.05, 0) is 48.4 Å². The first-order chi connectivity index (χ1) is 16.7. The van der Waals surface area contributed by atoms with Crippen molar-refractivity contribution in [3.8, 4) is 5.69 Å². The van der Waals surface area contributed by atoms with E-state index in [1.54, 1.807) is 0 Å².